The Bertz CT molecular complexity index is 1210. The molecule has 0 aliphatic rings. The van der Waals surface area contributed by atoms with Gasteiger partial charge in [0.2, 0.25) is 0 Å². The van der Waals surface area contributed by atoms with Crippen molar-refractivity contribution in [2.24, 2.45) is 5.10 Å². The Hall–Kier alpha value is -3.78. The molecular formula is C24H20BrN3O4. The second kappa shape index (κ2) is 10.5. The maximum absolute atomic E-state index is 12.5. The van der Waals surface area contributed by atoms with Gasteiger partial charge in [0.1, 0.15) is 5.75 Å². The third kappa shape index (κ3) is 5.89. The lowest BCUT2D eigenvalue weighted by Crippen LogP contribution is -2.32. The molecule has 0 fully saturated rings. The number of nitrogens with zero attached hydrogens (tertiary/aromatic N) is 1. The van der Waals surface area contributed by atoms with Crippen LogP contribution in [0.15, 0.2) is 76.3 Å². The first kappa shape index (κ1) is 22.9. The predicted octanol–water partition coefficient (Wildman–Crippen LogP) is 4.37. The number of para-hydroxylation sites is 1. The zero-order chi connectivity index (χ0) is 23.1. The lowest BCUT2D eigenvalue weighted by Gasteiger charge is -2.09. The number of ether oxygens (including phenoxy) is 1. The van der Waals surface area contributed by atoms with E-state index in [9.17, 15) is 14.4 Å². The van der Waals surface area contributed by atoms with E-state index in [4.69, 9.17) is 4.74 Å². The Morgan fingerprint density at radius 3 is 2.31 bits per heavy atom. The monoisotopic (exact) mass is 493 g/mol. The van der Waals surface area contributed by atoms with E-state index in [1.54, 1.807) is 42.5 Å². The summed E-state index contributed by atoms with van der Waals surface area (Å²) >= 11 is 3.35. The quantitative estimate of drug-likeness (QED) is 0.181. The number of aryl methyl sites for hydroxylation is 2. The highest BCUT2D eigenvalue weighted by molar-refractivity contribution is 9.10. The van der Waals surface area contributed by atoms with Gasteiger partial charge in [-0.25, -0.2) is 10.2 Å². The molecule has 7 nitrogen and oxygen atoms in total. The van der Waals surface area contributed by atoms with Crippen molar-refractivity contribution in [3.05, 3.63) is 93.5 Å². The van der Waals surface area contributed by atoms with Gasteiger partial charge in [-0.15, -0.1) is 0 Å². The third-order valence-corrected chi connectivity index (χ3v) is 5.00. The number of carbonyl (C=O) groups is 3. The molecule has 8 heteroatoms. The Kier molecular flexibility index (Phi) is 7.51. The molecule has 0 saturated heterocycles. The molecule has 32 heavy (non-hydrogen) atoms. The summed E-state index contributed by atoms with van der Waals surface area (Å²) < 4.78 is 6.24. The first-order valence-electron chi connectivity index (χ1n) is 9.62. The summed E-state index contributed by atoms with van der Waals surface area (Å²) in [6, 6.07) is 19.2. The molecule has 0 aromatic heterocycles. The van der Waals surface area contributed by atoms with E-state index < -0.39 is 17.8 Å². The van der Waals surface area contributed by atoms with Crippen LogP contribution in [0.2, 0.25) is 0 Å². The van der Waals surface area contributed by atoms with Crippen LogP contribution in [-0.2, 0) is 9.59 Å². The molecule has 0 aliphatic carbocycles. The van der Waals surface area contributed by atoms with Gasteiger partial charge < -0.3 is 10.1 Å². The molecule has 2 amide bonds. The molecule has 0 radical (unpaired) electrons. The second-order valence-electron chi connectivity index (χ2n) is 6.85. The molecule has 3 rings (SSSR count). The lowest BCUT2D eigenvalue weighted by atomic mass is 10.1. The van der Waals surface area contributed by atoms with Gasteiger partial charge in [-0.3, -0.25) is 9.59 Å². The van der Waals surface area contributed by atoms with Crippen molar-refractivity contribution in [3.63, 3.8) is 0 Å². The highest BCUT2D eigenvalue weighted by Crippen LogP contribution is 2.23. The van der Waals surface area contributed by atoms with Gasteiger partial charge in [0, 0.05) is 15.7 Å². The fraction of sp³-hybridized carbons (Fsp3) is 0.0833. The van der Waals surface area contributed by atoms with Crippen LogP contribution in [0, 0.1) is 13.8 Å². The average molecular weight is 494 g/mol. The molecule has 0 unspecified atom stereocenters. The summed E-state index contributed by atoms with van der Waals surface area (Å²) in [5, 5.41) is 6.36. The Labute approximate surface area is 193 Å². The summed E-state index contributed by atoms with van der Waals surface area (Å²) in [4.78, 5) is 36.7. The minimum absolute atomic E-state index is 0.254. The van der Waals surface area contributed by atoms with E-state index in [-0.39, 0.29) is 5.75 Å². The van der Waals surface area contributed by atoms with E-state index >= 15 is 0 Å². The number of hydrogen-bond acceptors (Lipinski definition) is 5. The van der Waals surface area contributed by atoms with Gasteiger partial charge in [0.15, 0.2) is 0 Å². The molecule has 0 aliphatic heterocycles. The van der Waals surface area contributed by atoms with Gasteiger partial charge in [-0.05, 0) is 55.3 Å². The third-order valence-electron chi connectivity index (χ3n) is 4.51. The fourth-order valence-corrected chi connectivity index (χ4v) is 3.15. The summed E-state index contributed by atoms with van der Waals surface area (Å²) in [6.07, 6.45) is 1.30. The summed E-state index contributed by atoms with van der Waals surface area (Å²) in [6.45, 7) is 3.64. The molecular weight excluding hydrogens is 474 g/mol. The van der Waals surface area contributed by atoms with Gasteiger partial charge in [0.05, 0.1) is 11.8 Å². The second-order valence-corrected chi connectivity index (χ2v) is 7.77. The van der Waals surface area contributed by atoms with Crippen LogP contribution in [0.4, 0.5) is 5.69 Å². The van der Waals surface area contributed by atoms with Crippen LogP contribution in [-0.4, -0.2) is 24.0 Å². The Morgan fingerprint density at radius 1 is 0.906 bits per heavy atom. The molecule has 0 atom stereocenters. The SMILES string of the molecule is Cc1ccccc1NC(=O)C(=O)N/N=C\c1cc(Br)ccc1OC(=O)c1ccccc1C. The standard InChI is InChI=1S/C24H20BrN3O4/c1-15-7-3-5-9-19(15)24(31)32-21-12-11-18(25)13-17(21)14-26-28-23(30)22(29)27-20-10-6-4-8-16(20)2/h3-14H,1-2H3,(H,27,29)(H,28,30)/b26-14-. The van der Waals surface area contributed by atoms with Gasteiger partial charge in [0.25, 0.3) is 0 Å². The molecule has 162 valence electrons. The number of halogens is 1. The highest BCUT2D eigenvalue weighted by Gasteiger charge is 2.15. The number of nitrogens with one attached hydrogen (secondary N) is 2. The van der Waals surface area contributed by atoms with Gasteiger partial charge in [-0.2, -0.15) is 5.10 Å². The van der Waals surface area contributed by atoms with E-state index in [0.29, 0.717) is 16.8 Å². The molecule has 2 N–H and O–H groups in total. The molecule has 0 bridgehead atoms. The molecule has 0 heterocycles. The summed E-state index contributed by atoms with van der Waals surface area (Å²) in [7, 11) is 0. The zero-order valence-electron chi connectivity index (χ0n) is 17.4. The highest BCUT2D eigenvalue weighted by atomic mass is 79.9. The Morgan fingerprint density at radius 2 is 1.59 bits per heavy atom. The minimum Gasteiger partial charge on any atom is -0.422 e. The predicted molar refractivity (Wildman–Crippen MR) is 126 cm³/mol. The van der Waals surface area contributed by atoms with Crippen LogP contribution < -0.4 is 15.5 Å². The lowest BCUT2D eigenvalue weighted by molar-refractivity contribution is -0.136. The fourth-order valence-electron chi connectivity index (χ4n) is 2.77. The zero-order valence-corrected chi connectivity index (χ0v) is 19.0. The molecule has 3 aromatic carbocycles. The smallest absolute Gasteiger partial charge is 0.343 e. The van der Waals surface area contributed by atoms with Crippen molar-refractivity contribution >= 4 is 45.6 Å². The maximum atomic E-state index is 12.5. The number of amides is 2. The van der Waals surface area contributed by atoms with Crippen molar-refractivity contribution in [2.75, 3.05) is 5.32 Å². The number of anilines is 1. The van der Waals surface area contributed by atoms with Crippen LogP contribution in [0.1, 0.15) is 27.0 Å². The van der Waals surface area contributed by atoms with Crippen LogP contribution in [0.25, 0.3) is 0 Å². The number of benzene rings is 3. The van der Waals surface area contributed by atoms with E-state index in [1.807, 2.05) is 38.1 Å². The maximum Gasteiger partial charge on any atom is 0.343 e. The first-order valence-corrected chi connectivity index (χ1v) is 10.4. The van der Waals surface area contributed by atoms with Gasteiger partial charge >= 0.3 is 17.8 Å². The van der Waals surface area contributed by atoms with Gasteiger partial charge in [-0.1, -0.05) is 52.3 Å². The van der Waals surface area contributed by atoms with E-state index in [2.05, 4.69) is 31.8 Å². The van der Waals surface area contributed by atoms with Crippen molar-refractivity contribution < 1.29 is 19.1 Å². The van der Waals surface area contributed by atoms with Crippen molar-refractivity contribution in [3.8, 4) is 5.75 Å². The summed E-state index contributed by atoms with van der Waals surface area (Å²) in [5.74, 6) is -2.04. The average Bonchev–Trinajstić information content (AvgIpc) is 2.77. The van der Waals surface area contributed by atoms with Crippen molar-refractivity contribution in [2.45, 2.75) is 13.8 Å². The number of carbonyl (C=O) groups excluding carboxylic acids is 3. The summed E-state index contributed by atoms with van der Waals surface area (Å²) in [5.41, 5.74) is 5.20. The normalized spacial score (nSPS) is 10.6. The van der Waals surface area contributed by atoms with Crippen LogP contribution in [0.5, 0.6) is 5.75 Å². The number of hydrogen-bond donors (Lipinski definition) is 2. The van der Waals surface area contributed by atoms with Crippen molar-refractivity contribution in [1.82, 2.24) is 5.43 Å². The topological polar surface area (TPSA) is 96.9 Å². The number of esters is 1. The molecule has 0 saturated carbocycles. The number of rotatable bonds is 5. The van der Waals surface area contributed by atoms with Crippen LogP contribution in [0.3, 0.4) is 0 Å². The van der Waals surface area contributed by atoms with E-state index in [1.165, 1.54) is 6.21 Å². The minimum atomic E-state index is -0.932. The Balaban J connectivity index is 1.69. The van der Waals surface area contributed by atoms with Crippen molar-refractivity contribution in [1.29, 1.82) is 0 Å². The van der Waals surface area contributed by atoms with Crippen LogP contribution >= 0.6 is 15.9 Å². The molecule has 0 spiro atoms. The number of hydrazone groups is 1. The van der Waals surface area contributed by atoms with E-state index in [0.717, 1.165) is 15.6 Å². The largest absolute Gasteiger partial charge is 0.422 e. The first-order chi connectivity index (χ1) is 15.3. The molecule has 3 aromatic rings.